The first-order chi connectivity index (χ1) is 8.04. The summed E-state index contributed by atoms with van der Waals surface area (Å²) in [5.41, 5.74) is 0. The van der Waals surface area contributed by atoms with Gasteiger partial charge in [0.05, 0.1) is 7.11 Å². The van der Waals surface area contributed by atoms with Crippen molar-refractivity contribution in [3.63, 3.8) is 0 Å². The van der Waals surface area contributed by atoms with Crippen LogP contribution in [0.3, 0.4) is 0 Å². The fourth-order valence-electron chi connectivity index (χ4n) is 0.942. The van der Waals surface area contributed by atoms with Gasteiger partial charge >= 0.3 is 6.36 Å². The van der Waals surface area contributed by atoms with E-state index >= 15 is 0 Å². The molecule has 1 rings (SSSR count). The van der Waals surface area contributed by atoms with Gasteiger partial charge in [-0.3, -0.25) is 0 Å². The molecule has 11 heteroatoms. The third-order valence-electron chi connectivity index (χ3n) is 1.59. The van der Waals surface area contributed by atoms with Crippen LogP contribution in [0, 0.1) is 0 Å². The van der Waals surface area contributed by atoms with Crippen molar-refractivity contribution in [1.29, 1.82) is 0 Å². The number of hydrogen-bond acceptors (Lipinski definition) is 6. The first kappa shape index (κ1) is 14.6. The van der Waals surface area contributed by atoms with E-state index in [-0.39, 0.29) is 0 Å². The molecule has 0 saturated carbocycles. The summed E-state index contributed by atoms with van der Waals surface area (Å²) in [6.07, 6.45) is -5.16. The normalized spacial score (nSPS) is 12.3. The molecule has 102 valence electrons. The molecule has 1 N–H and O–H groups in total. The van der Waals surface area contributed by atoms with E-state index in [1.54, 1.807) is 0 Å². The lowest BCUT2D eigenvalue weighted by Gasteiger charge is -2.12. The summed E-state index contributed by atoms with van der Waals surface area (Å²) >= 11 is 0. The molecule has 0 fully saturated rings. The highest BCUT2D eigenvalue weighted by molar-refractivity contribution is 8.13. The summed E-state index contributed by atoms with van der Waals surface area (Å²) in [6.45, 7) is 0. The third-order valence-corrected chi connectivity index (χ3v) is 2.92. The van der Waals surface area contributed by atoms with Crippen LogP contribution in [-0.2, 0) is 9.05 Å². The third kappa shape index (κ3) is 3.53. The standard InChI is InChI=1S/C7H5ClF3NO5S/c1-16-4-2-3(18(8,14)15)5(13)6(12-4)17-7(9,10)11/h2,13H,1H3. The zero-order chi connectivity index (χ0) is 14.1. The molecule has 1 aromatic heterocycles. The minimum absolute atomic E-state index is 0.522. The average Bonchev–Trinajstić information content (AvgIpc) is 2.17. The highest BCUT2D eigenvalue weighted by Crippen LogP contribution is 2.38. The predicted molar refractivity (Wildman–Crippen MR) is 52.2 cm³/mol. The van der Waals surface area contributed by atoms with Crippen molar-refractivity contribution in [2.45, 2.75) is 11.3 Å². The molecule has 1 aromatic rings. The average molecular weight is 308 g/mol. The van der Waals surface area contributed by atoms with Crippen LogP contribution in [0.4, 0.5) is 13.2 Å². The Balaban J connectivity index is 3.44. The van der Waals surface area contributed by atoms with E-state index in [4.69, 9.17) is 10.7 Å². The van der Waals surface area contributed by atoms with Crippen LogP contribution >= 0.6 is 10.7 Å². The number of halogens is 4. The first-order valence-corrected chi connectivity index (χ1v) is 6.34. The van der Waals surface area contributed by atoms with Crippen molar-refractivity contribution in [1.82, 2.24) is 4.98 Å². The lowest BCUT2D eigenvalue weighted by atomic mass is 10.4. The molecule has 18 heavy (non-hydrogen) atoms. The maximum absolute atomic E-state index is 12.0. The van der Waals surface area contributed by atoms with Gasteiger partial charge in [0.25, 0.3) is 14.9 Å². The zero-order valence-electron chi connectivity index (χ0n) is 8.52. The van der Waals surface area contributed by atoms with Gasteiger partial charge in [0.15, 0.2) is 5.75 Å². The molecule has 0 aliphatic carbocycles. The SMILES string of the molecule is COc1cc(S(=O)(=O)Cl)c(O)c(OC(F)(F)F)n1. The molecule has 0 saturated heterocycles. The van der Waals surface area contributed by atoms with Crippen LogP contribution in [-0.4, -0.2) is 32.0 Å². The van der Waals surface area contributed by atoms with E-state index in [1.165, 1.54) is 0 Å². The van der Waals surface area contributed by atoms with Gasteiger partial charge in [0.1, 0.15) is 4.90 Å². The number of aromatic nitrogens is 1. The predicted octanol–water partition coefficient (Wildman–Crippen LogP) is 1.62. The van der Waals surface area contributed by atoms with Gasteiger partial charge in [-0.15, -0.1) is 13.2 Å². The summed E-state index contributed by atoms with van der Waals surface area (Å²) in [5, 5.41) is 9.30. The minimum Gasteiger partial charge on any atom is -0.502 e. The van der Waals surface area contributed by atoms with Crippen LogP contribution in [0.5, 0.6) is 17.5 Å². The van der Waals surface area contributed by atoms with Gasteiger partial charge in [0, 0.05) is 16.7 Å². The molecule has 0 bridgehead atoms. The molecule has 0 spiro atoms. The number of aromatic hydroxyl groups is 1. The van der Waals surface area contributed by atoms with Gasteiger partial charge in [0.2, 0.25) is 5.88 Å². The van der Waals surface area contributed by atoms with Crippen LogP contribution in [0.2, 0.25) is 0 Å². The first-order valence-electron chi connectivity index (χ1n) is 4.03. The van der Waals surface area contributed by atoms with E-state index in [0.717, 1.165) is 7.11 Å². The van der Waals surface area contributed by atoms with E-state index in [0.29, 0.717) is 6.07 Å². The Kier molecular flexibility index (Phi) is 3.81. The van der Waals surface area contributed by atoms with Crippen LogP contribution in [0.15, 0.2) is 11.0 Å². The summed E-state index contributed by atoms with van der Waals surface area (Å²) in [5.74, 6) is -3.25. The molecule has 0 aromatic carbocycles. The molecular weight excluding hydrogens is 303 g/mol. The smallest absolute Gasteiger partial charge is 0.502 e. The molecule has 0 aliphatic heterocycles. The molecule has 0 atom stereocenters. The van der Waals surface area contributed by atoms with Crippen LogP contribution < -0.4 is 9.47 Å². The Bertz CT molecular complexity index is 559. The maximum atomic E-state index is 12.0. The summed E-state index contributed by atoms with van der Waals surface area (Å²) in [7, 11) is 1.47. The quantitative estimate of drug-likeness (QED) is 0.854. The zero-order valence-corrected chi connectivity index (χ0v) is 10.1. The molecular formula is C7H5ClF3NO5S. The van der Waals surface area contributed by atoms with Crippen LogP contribution in [0.1, 0.15) is 0 Å². The number of alkyl halides is 3. The van der Waals surface area contributed by atoms with Gasteiger partial charge in [-0.05, 0) is 0 Å². The highest BCUT2D eigenvalue weighted by atomic mass is 35.7. The van der Waals surface area contributed by atoms with Gasteiger partial charge < -0.3 is 14.6 Å². The molecule has 0 unspecified atom stereocenters. The second-order valence-electron chi connectivity index (χ2n) is 2.80. The Hall–Kier alpha value is -1.42. The molecule has 0 radical (unpaired) electrons. The monoisotopic (exact) mass is 307 g/mol. The molecule has 0 aliphatic rings. The Morgan fingerprint density at radius 3 is 2.39 bits per heavy atom. The second kappa shape index (κ2) is 4.69. The molecule has 0 amide bonds. The second-order valence-corrected chi connectivity index (χ2v) is 5.34. The van der Waals surface area contributed by atoms with Crippen molar-refractivity contribution in [3.05, 3.63) is 6.07 Å². The number of ether oxygens (including phenoxy) is 2. The maximum Gasteiger partial charge on any atom is 0.574 e. The number of methoxy groups -OCH3 is 1. The van der Waals surface area contributed by atoms with Crippen molar-refractivity contribution >= 4 is 19.7 Å². The lowest BCUT2D eigenvalue weighted by Crippen LogP contribution is -2.18. The van der Waals surface area contributed by atoms with Crippen LogP contribution in [0.25, 0.3) is 0 Å². The number of hydrogen-bond donors (Lipinski definition) is 1. The van der Waals surface area contributed by atoms with Gasteiger partial charge in [-0.2, -0.15) is 4.98 Å². The Morgan fingerprint density at radius 1 is 1.44 bits per heavy atom. The minimum atomic E-state index is -5.16. The van der Waals surface area contributed by atoms with Crippen molar-refractivity contribution in [3.8, 4) is 17.5 Å². The van der Waals surface area contributed by atoms with E-state index in [9.17, 15) is 26.7 Å². The molecule has 1 heterocycles. The van der Waals surface area contributed by atoms with Crippen molar-refractivity contribution in [2.24, 2.45) is 0 Å². The van der Waals surface area contributed by atoms with E-state index in [2.05, 4.69) is 14.5 Å². The summed E-state index contributed by atoms with van der Waals surface area (Å²) in [4.78, 5) is 2.11. The Labute approximate surface area is 103 Å². The number of pyridine rings is 1. The largest absolute Gasteiger partial charge is 0.574 e. The highest BCUT2D eigenvalue weighted by Gasteiger charge is 2.35. The van der Waals surface area contributed by atoms with Crippen molar-refractivity contribution in [2.75, 3.05) is 7.11 Å². The number of rotatable bonds is 3. The summed E-state index contributed by atoms with van der Waals surface area (Å²) in [6, 6.07) is 0.654. The fourth-order valence-corrected chi connectivity index (χ4v) is 1.86. The topological polar surface area (TPSA) is 85.7 Å². The van der Waals surface area contributed by atoms with Gasteiger partial charge in [-0.25, -0.2) is 8.42 Å². The summed E-state index contributed by atoms with van der Waals surface area (Å²) < 4.78 is 65.8. The lowest BCUT2D eigenvalue weighted by molar-refractivity contribution is -0.276. The number of nitrogens with zero attached hydrogens (tertiary/aromatic N) is 1. The van der Waals surface area contributed by atoms with E-state index in [1.807, 2.05) is 0 Å². The fraction of sp³-hybridized carbons (Fsp3) is 0.286. The van der Waals surface area contributed by atoms with Crippen molar-refractivity contribution < 1.29 is 36.2 Å². The Morgan fingerprint density at radius 2 is 2.00 bits per heavy atom. The van der Waals surface area contributed by atoms with E-state index < -0.39 is 37.8 Å². The molecule has 6 nitrogen and oxygen atoms in total. The van der Waals surface area contributed by atoms with Gasteiger partial charge in [-0.1, -0.05) is 0 Å².